The lowest BCUT2D eigenvalue weighted by atomic mass is 9.64. The lowest BCUT2D eigenvalue weighted by molar-refractivity contribution is -0.129. The van der Waals surface area contributed by atoms with Crippen LogP contribution in [-0.2, 0) is 14.3 Å². The van der Waals surface area contributed by atoms with E-state index in [-0.39, 0.29) is 45.2 Å². The van der Waals surface area contributed by atoms with Crippen molar-refractivity contribution < 1.29 is 28.2 Å². The van der Waals surface area contributed by atoms with Gasteiger partial charge in [0.05, 0.1) is 42.5 Å². The first-order valence-electron chi connectivity index (χ1n) is 14.0. The zero-order chi connectivity index (χ0) is 31.2. The Morgan fingerprint density at radius 1 is 1.07 bits per heavy atom. The summed E-state index contributed by atoms with van der Waals surface area (Å²) in [4.78, 5) is 40.2. The molecule has 2 fully saturated rings. The second-order valence-corrected chi connectivity index (χ2v) is 13.2. The number of amides is 2. The van der Waals surface area contributed by atoms with Crippen molar-refractivity contribution in [2.45, 2.75) is 45.2 Å². The van der Waals surface area contributed by atoms with Crippen LogP contribution in [0.4, 0.5) is 10.1 Å². The van der Waals surface area contributed by atoms with E-state index in [4.69, 9.17) is 32.7 Å². The summed E-state index contributed by atoms with van der Waals surface area (Å²) in [6.45, 7) is 6.30. The number of halogens is 3. The molecule has 8 nitrogen and oxygen atoms in total. The van der Waals surface area contributed by atoms with Gasteiger partial charge in [-0.15, -0.1) is 0 Å². The van der Waals surface area contributed by atoms with E-state index in [1.54, 1.807) is 18.2 Å². The van der Waals surface area contributed by atoms with Gasteiger partial charge in [-0.25, -0.2) is 9.18 Å². The van der Waals surface area contributed by atoms with Crippen molar-refractivity contribution in [3.8, 4) is 5.75 Å². The molecule has 2 aliphatic heterocycles. The lowest BCUT2D eigenvalue weighted by Crippen LogP contribution is -2.52. The summed E-state index contributed by atoms with van der Waals surface area (Å²) in [5.41, 5.74) is 1.19. The van der Waals surface area contributed by atoms with E-state index < -0.39 is 41.5 Å². The number of nitrogens with one attached hydrogen (secondary N) is 3. The van der Waals surface area contributed by atoms with E-state index in [1.807, 2.05) is 6.08 Å². The second-order valence-electron chi connectivity index (χ2n) is 12.3. The number of ether oxygens (including phenoxy) is 2. The van der Waals surface area contributed by atoms with Crippen molar-refractivity contribution in [3.05, 3.63) is 81.2 Å². The average molecular weight is 631 g/mol. The monoisotopic (exact) mass is 629 g/mol. The first-order chi connectivity index (χ1) is 20.3. The molecule has 228 valence electrons. The number of hydrogen-bond acceptors (Lipinski definition) is 6. The highest BCUT2D eigenvalue weighted by molar-refractivity contribution is 6.31. The highest BCUT2D eigenvalue weighted by Crippen LogP contribution is 2.51. The molecule has 3 aliphatic rings. The molecule has 6 atom stereocenters. The van der Waals surface area contributed by atoms with Crippen LogP contribution in [0.2, 0.25) is 5.02 Å². The predicted octanol–water partition coefficient (Wildman–Crippen LogP) is 5.77. The summed E-state index contributed by atoms with van der Waals surface area (Å²) in [7, 11) is 2.68. The quantitative estimate of drug-likeness (QED) is 0.350. The summed E-state index contributed by atoms with van der Waals surface area (Å²) in [6.07, 6.45) is 4.24. The molecule has 5 rings (SSSR count). The van der Waals surface area contributed by atoms with Crippen molar-refractivity contribution in [1.82, 2.24) is 10.6 Å². The zero-order valence-corrected chi connectivity index (χ0v) is 26.0. The van der Waals surface area contributed by atoms with Gasteiger partial charge in [0.1, 0.15) is 11.6 Å². The number of allylic oxidation sites excluding steroid dienone is 3. The molecule has 2 aromatic carbocycles. The second kappa shape index (κ2) is 11.9. The normalized spacial score (nSPS) is 26.4. The number of carbonyl (C=O) groups excluding carboxylic acids is 3. The van der Waals surface area contributed by atoms with Gasteiger partial charge in [0, 0.05) is 34.5 Å². The summed E-state index contributed by atoms with van der Waals surface area (Å²) >= 11 is 12.8. The fourth-order valence-electron chi connectivity index (χ4n) is 6.65. The fourth-order valence-corrected chi connectivity index (χ4v) is 7.10. The smallest absolute Gasteiger partial charge is 0.337 e. The molecule has 11 heteroatoms. The molecular formula is C32H34Cl2FN3O5. The molecule has 0 radical (unpaired) electrons. The minimum atomic E-state index is -1.07. The van der Waals surface area contributed by atoms with Gasteiger partial charge in [-0.05, 0) is 47.7 Å². The van der Waals surface area contributed by atoms with Crippen LogP contribution in [0.5, 0.6) is 5.75 Å². The molecule has 2 aromatic rings. The Balaban J connectivity index is 1.65. The van der Waals surface area contributed by atoms with Crippen LogP contribution >= 0.6 is 23.2 Å². The maximum Gasteiger partial charge on any atom is 0.337 e. The largest absolute Gasteiger partial charge is 0.495 e. The van der Waals surface area contributed by atoms with Crippen LogP contribution in [-0.4, -0.2) is 44.1 Å². The highest BCUT2D eigenvalue weighted by Gasteiger charge is 2.56. The van der Waals surface area contributed by atoms with Gasteiger partial charge < -0.3 is 25.4 Å². The third-order valence-corrected chi connectivity index (χ3v) is 8.84. The van der Waals surface area contributed by atoms with Crippen LogP contribution < -0.4 is 20.7 Å². The number of piperidine rings is 1. The van der Waals surface area contributed by atoms with Gasteiger partial charge in [0.2, 0.25) is 11.8 Å². The van der Waals surface area contributed by atoms with E-state index in [0.29, 0.717) is 22.8 Å². The number of rotatable bonds is 6. The van der Waals surface area contributed by atoms with Crippen LogP contribution in [0.15, 0.2) is 59.3 Å². The van der Waals surface area contributed by atoms with Crippen molar-refractivity contribution in [3.63, 3.8) is 0 Å². The van der Waals surface area contributed by atoms with Gasteiger partial charge in [-0.1, -0.05) is 62.2 Å². The van der Waals surface area contributed by atoms with Gasteiger partial charge >= 0.3 is 5.97 Å². The van der Waals surface area contributed by atoms with E-state index >= 15 is 4.39 Å². The first kappa shape index (κ1) is 31.0. The Kier molecular flexibility index (Phi) is 8.62. The zero-order valence-electron chi connectivity index (χ0n) is 24.5. The van der Waals surface area contributed by atoms with Crippen LogP contribution in [0.1, 0.15) is 49.0 Å². The van der Waals surface area contributed by atoms with Crippen LogP contribution in [0.3, 0.4) is 0 Å². The van der Waals surface area contributed by atoms with Crippen LogP contribution in [0.25, 0.3) is 0 Å². The Morgan fingerprint density at radius 3 is 2.49 bits per heavy atom. The SMILES string of the molecule is COC(=O)c1ccc(NC(=O)[C@@H]2N[C@H](CC(C)(C)C)C3C4=CC(Cl)=CC3[C@@H](C(=O)N4)[C@H]2c2cccc(Cl)c2F)c(OC)c1. The molecule has 1 aliphatic carbocycles. The lowest BCUT2D eigenvalue weighted by Gasteiger charge is -2.44. The van der Waals surface area contributed by atoms with E-state index in [2.05, 4.69) is 36.7 Å². The average Bonchev–Trinajstić information content (AvgIpc) is 3.04. The maximum atomic E-state index is 15.8. The number of methoxy groups -OCH3 is 2. The summed E-state index contributed by atoms with van der Waals surface area (Å²) in [5, 5.41) is 9.84. The number of hydrogen-bond donors (Lipinski definition) is 3. The molecule has 43 heavy (non-hydrogen) atoms. The molecule has 4 bridgehead atoms. The summed E-state index contributed by atoms with van der Waals surface area (Å²) < 4.78 is 26.1. The van der Waals surface area contributed by atoms with Crippen molar-refractivity contribution >= 4 is 46.7 Å². The van der Waals surface area contributed by atoms with Crippen molar-refractivity contribution in [2.24, 2.45) is 23.2 Å². The molecule has 2 unspecified atom stereocenters. The molecule has 2 heterocycles. The Labute approximate surface area is 260 Å². The van der Waals surface area contributed by atoms with E-state index in [0.717, 1.165) is 0 Å². The molecule has 0 saturated carbocycles. The Bertz CT molecular complexity index is 1540. The maximum absolute atomic E-state index is 15.8. The molecular weight excluding hydrogens is 596 g/mol. The Morgan fingerprint density at radius 2 is 1.81 bits per heavy atom. The molecule has 2 saturated heterocycles. The molecule has 3 N–H and O–H groups in total. The standard InChI is InChI=1S/C32H34Cl2FN3O5/c1-32(2,3)14-22-24-18-12-16(33)13-21(24)38-29(39)26(18)25(17-7-6-8-19(34)27(17)35)28(36-22)30(40)37-20-10-9-15(31(41)43-5)11-23(20)42-4/h6-13,18,22,24-26,28,36H,14H2,1-5H3,(H,37,40)(H,38,39)/t18?,22-,24?,25-,26-,28-/m1/s1. The molecule has 0 spiro atoms. The number of esters is 1. The van der Waals surface area contributed by atoms with Gasteiger partial charge in [0.25, 0.3) is 0 Å². The molecule has 2 amide bonds. The predicted molar refractivity (Wildman–Crippen MR) is 163 cm³/mol. The number of anilines is 1. The van der Waals surface area contributed by atoms with E-state index in [1.165, 1.54) is 38.5 Å². The molecule has 0 aromatic heterocycles. The minimum Gasteiger partial charge on any atom is -0.495 e. The first-order valence-corrected chi connectivity index (χ1v) is 14.8. The number of carbonyl (C=O) groups is 3. The van der Waals surface area contributed by atoms with Crippen molar-refractivity contribution in [1.29, 1.82) is 0 Å². The van der Waals surface area contributed by atoms with Crippen molar-refractivity contribution in [2.75, 3.05) is 19.5 Å². The van der Waals surface area contributed by atoms with E-state index in [9.17, 15) is 14.4 Å². The minimum absolute atomic E-state index is 0.113. The summed E-state index contributed by atoms with van der Waals surface area (Å²) in [6, 6.07) is 7.74. The Hall–Kier alpha value is -3.40. The summed E-state index contributed by atoms with van der Waals surface area (Å²) in [5.74, 6) is -4.29. The highest BCUT2D eigenvalue weighted by atomic mass is 35.5. The van der Waals surface area contributed by atoms with Crippen LogP contribution in [0, 0.1) is 29.0 Å². The third-order valence-electron chi connectivity index (χ3n) is 8.31. The van der Waals surface area contributed by atoms with Gasteiger partial charge in [0.15, 0.2) is 0 Å². The fraction of sp³-hybridized carbons (Fsp3) is 0.406. The topological polar surface area (TPSA) is 106 Å². The van der Waals surface area contributed by atoms with Gasteiger partial charge in [-0.3, -0.25) is 9.59 Å². The van der Waals surface area contributed by atoms with Gasteiger partial charge in [-0.2, -0.15) is 0 Å². The third kappa shape index (κ3) is 6.03. The number of benzene rings is 2.